The normalized spacial score (nSPS) is 11.1. The molecule has 14 heavy (non-hydrogen) atoms. The molecule has 0 spiro atoms. The van der Waals surface area contributed by atoms with Gasteiger partial charge in [0.05, 0.1) is 0 Å². The monoisotopic (exact) mass is 189 g/mol. The van der Waals surface area contributed by atoms with Crippen molar-refractivity contribution in [1.29, 1.82) is 0 Å². The number of nitrogens with one attached hydrogen (secondary N) is 1. The van der Waals surface area contributed by atoms with E-state index in [0.29, 0.717) is 11.0 Å². The molecule has 0 saturated carbocycles. The second kappa shape index (κ2) is 2.31. The maximum atomic E-state index is 11.4. The first-order valence-electron chi connectivity index (χ1n) is 3.76. The van der Waals surface area contributed by atoms with E-state index in [9.17, 15) is 4.79 Å². The summed E-state index contributed by atoms with van der Waals surface area (Å²) in [4.78, 5) is 21.6. The van der Waals surface area contributed by atoms with Gasteiger partial charge in [-0.25, -0.2) is 9.97 Å². The fourth-order valence-electron chi connectivity index (χ4n) is 1.23. The van der Waals surface area contributed by atoms with E-state index >= 15 is 0 Å². The van der Waals surface area contributed by atoms with Crippen molar-refractivity contribution in [2.45, 2.75) is 0 Å². The minimum atomic E-state index is -0.303. The first kappa shape index (κ1) is 7.06. The summed E-state index contributed by atoms with van der Waals surface area (Å²) in [6.07, 6.45) is 2.76. The first-order valence-corrected chi connectivity index (χ1v) is 3.76. The molecule has 0 bridgehead atoms. The topological polar surface area (TPSA) is 102 Å². The van der Waals surface area contributed by atoms with Crippen molar-refractivity contribution in [3.8, 4) is 0 Å². The first-order chi connectivity index (χ1) is 6.86. The van der Waals surface area contributed by atoms with Crippen LogP contribution in [-0.4, -0.2) is 35.0 Å². The smallest absolute Gasteiger partial charge is 0.263 e. The van der Waals surface area contributed by atoms with Crippen molar-refractivity contribution in [2.24, 2.45) is 0 Å². The second-order valence-electron chi connectivity index (χ2n) is 2.63. The lowest BCUT2D eigenvalue weighted by molar-refractivity contribution is 0.831. The molecule has 0 aliphatic rings. The summed E-state index contributed by atoms with van der Waals surface area (Å²) in [7, 11) is 0. The van der Waals surface area contributed by atoms with E-state index in [-0.39, 0.29) is 11.3 Å². The van der Waals surface area contributed by atoms with Crippen molar-refractivity contribution < 1.29 is 0 Å². The molecule has 0 aliphatic carbocycles. The molecule has 8 heteroatoms. The lowest BCUT2D eigenvalue weighted by atomic mass is 10.4. The lowest BCUT2D eigenvalue weighted by Crippen LogP contribution is -2.11. The average molecular weight is 189 g/mol. The molecular weight excluding hydrogens is 186 g/mol. The summed E-state index contributed by atoms with van der Waals surface area (Å²) >= 11 is 0. The van der Waals surface area contributed by atoms with Crippen LogP contribution in [0.4, 0.5) is 0 Å². The van der Waals surface area contributed by atoms with Crippen LogP contribution >= 0.6 is 0 Å². The zero-order valence-electron chi connectivity index (χ0n) is 6.75. The van der Waals surface area contributed by atoms with E-state index in [2.05, 4.69) is 30.5 Å². The van der Waals surface area contributed by atoms with Crippen molar-refractivity contribution >= 4 is 16.8 Å². The quantitative estimate of drug-likeness (QED) is 0.474. The Kier molecular flexibility index (Phi) is 1.17. The number of aromatic nitrogens is 7. The van der Waals surface area contributed by atoms with Crippen LogP contribution in [0.15, 0.2) is 17.3 Å². The third kappa shape index (κ3) is 0.762. The molecular formula is C6H3N7O. The molecule has 0 atom stereocenters. The molecule has 3 heterocycles. The van der Waals surface area contributed by atoms with Gasteiger partial charge in [-0.05, 0) is 10.4 Å². The van der Waals surface area contributed by atoms with Gasteiger partial charge in [-0.2, -0.15) is 4.52 Å². The summed E-state index contributed by atoms with van der Waals surface area (Å²) in [6, 6.07) is 0. The number of H-pyrrole nitrogens is 1. The number of tetrazole rings is 1. The summed E-state index contributed by atoms with van der Waals surface area (Å²) in [5, 5.41) is 11.1. The number of rotatable bonds is 0. The Morgan fingerprint density at radius 1 is 1.43 bits per heavy atom. The van der Waals surface area contributed by atoms with Gasteiger partial charge in [-0.3, -0.25) is 9.78 Å². The van der Waals surface area contributed by atoms with E-state index in [0.717, 1.165) is 0 Å². The molecule has 0 aliphatic heterocycles. The van der Waals surface area contributed by atoms with Crippen LogP contribution in [0, 0.1) is 0 Å². The average Bonchev–Trinajstić information content (AvgIpc) is 2.66. The number of hydrogen-bond donors (Lipinski definition) is 1. The Hall–Kier alpha value is -2.38. The minimum Gasteiger partial charge on any atom is -0.289 e. The van der Waals surface area contributed by atoms with Crippen LogP contribution in [0.2, 0.25) is 0 Å². The Labute approximate surface area is 75.6 Å². The minimum absolute atomic E-state index is 0.265. The Morgan fingerprint density at radius 2 is 2.36 bits per heavy atom. The second-order valence-corrected chi connectivity index (χ2v) is 2.63. The SMILES string of the molecule is O=c1[nH]c2nnnn2c2ncncc12. The zero-order chi connectivity index (χ0) is 9.54. The molecule has 0 fully saturated rings. The van der Waals surface area contributed by atoms with Gasteiger partial charge in [-0.1, -0.05) is 5.10 Å². The van der Waals surface area contributed by atoms with Gasteiger partial charge >= 0.3 is 0 Å². The fourth-order valence-corrected chi connectivity index (χ4v) is 1.23. The molecule has 0 radical (unpaired) electrons. The van der Waals surface area contributed by atoms with Gasteiger partial charge < -0.3 is 0 Å². The van der Waals surface area contributed by atoms with Crippen LogP contribution in [0.3, 0.4) is 0 Å². The Bertz CT molecular complexity index is 668. The number of hydrogen-bond acceptors (Lipinski definition) is 6. The Morgan fingerprint density at radius 3 is 3.29 bits per heavy atom. The van der Waals surface area contributed by atoms with E-state index < -0.39 is 0 Å². The Balaban J connectivity index is 2.74. The zero-order valence-corrected chi connectivity index (χ0v) is 6.75. The van der Waals surface area contributed by atoms with Gasteiger partial charge in [0.1, 0.15) is 11.7 Å². The molecule has 3 rings (SSSR count). The largest absolute Gasteiger partial charge is 0.289 e. The number of aromatic amines is 1. The van der Waals surface area contributed by atoms with Gasteiger partial charge in [0, 0.05) is 6.20 Å². The van der Waals surface area contributed by atoms with Crippen molar-refractivity contribution in [2.75, 3.05) is 0 Å². The van der Waals surface area contributed by atoms with Crippen molar-refractivity contribution in [3.05, 3.63) is 22.9 Å². The standard InChI is InChI=1S/C6H3N7O/c14-5-3-1-7-2-8-4(3)13-6(9-5)10-11-12-13/h1-2H,(H,9,10,12,14). The molecule has 3 aromatic rings. The highest BCUT2D eigenvalue weighted by molar-refractivity contribution is 5.73. The predicted molar refractivity (Wildman–Crippen MR) is 44.5 cm³/mol. The molecule has 0 amide bonds. The number of nitrogens with zero attached hydrogens (tertiary/aromatic N) is 6. The highest BCUT2D eigenvalue weighted by Gasteiger charge is 2.07. The molecule has 68 valence electrons. The molecule has 0 unspecified atom stereocenters. The highest BCUT2D eigenvalue weighted by atomic mass is 16.1. The summed E-state index contributed by atoms with van der Waals surface area (Å²) < 4.78 is 1.35. The molecule has 1 N–H and O–H groups in total. The van der Waals surface area contributed by atoms with E-state index in [4.69, 9.17) is 0 Å². The van der Waals surface area contributed by atoms with Crippen molar-refractivity contribution in [1.82, 2.24) is 35.0 Å². The molecule has 0 saturated heterocycles. The van der Waals surface area contributed by atoms with Gasteiger partial charge in [-0.15, -0.1) is 0 Å². The van der Waals surface area contributed by atoms with Crippen LogP contribution in [0.5, 0.6) is 0 Å². The highest BCUT2D eigenvalue weighted by Crippen LogP contribution is 2.02. The van der Waals surface area contributed by atoms with E-state index in [1.54, 1.807) is 0 Å². The summed E-state index contributed by atoms with van der Waals surface area (Å²) in [5.41, 5.74) is 0.0895. The maximum absolute atomic E-state index is 11.4. The third-order valence-corrected chi connectivity index (χ3v) is 1.83. The van der Waals surface area contributed by atoms with Crippen molar-refractivity contribution in [3.63, 3.8) is 0 Å². The maximum Gasteiger partial charge on any atom is 0.263 e. The van der Waals surface area contributed by atoms with E-state index in [1.807, 2.05) is 0 Å². The number of fused-ring (bicyclic) bond motifs is 3. The molecule has 0 aromatic carbocycles. The fraction of sp³-hybridized carbons (Fsp3) is 0. The van der Waals surface area contributed by atoms with Gasteiger partial charge in [0.25, 0.3) is 11.3 Å². The van der Waals surface area contributed by atoms with Gasteiger partial charge in [0.2, 0.25) is 0 Å². The van der Waals surface area contributed by atoms with Crippen LogP contribution < -0.4 is 5.56 Å². The van der Waals surface area contributed by atoms with E-state index in [1.165, 1.54) is 17.0 Å². The summed E-state index contributed by atoms with van der Waals surface area (Å²) in [5.74, 6) is 0.265. The van der Waals surface area contributed by atoms with Crippen LogP contribution in [0.1, 0.15) is 0 Å². The van der Waals surface area contributed by atoms with Crippen LogP contribution in [-0.2, 0) is 0 Å². The van der Waals surface area contributed by atoms with Gasteiger partial charge in [0.15, 0.2) is 5.65 Å². The molecule has 8 nitrogen and oxygen atoms in total. The lowest BCUT2D eigenvalue weighted by Gasteiger charge is -1.95. The summed E-state index contributed by atoms with van der Waals surface area (Å²) in [6.45, 7) is 0. The predicted octanol–water partition coefficient (Wildman–Crippen LogP) is -1.24. The molecule has 3 aromatic heterocycles. The third-order valence-electron chi connectivity index (χ3n) is 1.83. The van der Waals surface area contributed by atoms with Crippen LogP contribution in [0.25, 0.3) is 16.8 Å².